The SMILES string of the molecule is CC(C)COC(C)CCC(C)N(C)C(C)C. The molecule has 2 unspecified atom stereocenters. The molecule has 0 aromatic rings. The van der Waals surface area contributed by atoms with Gasteiger partial charge < -0.3 is 9.64 Å². The molecule has 0 bridgehead atoms. The normalized spacial score (nSPS) is 16.1. The highest BCUT2D eigenvalue weighted by Crippen LogP contribution is 2.12. The third-order valence-electron chi connectivity index (χ3n) is 3.21. The molecule has 0 heterocycles. The van der Waals surface area contributed by atoms with Crippen molar-refractivity contribution in [3.05, 3.63) is 0 Å². The van der Waals surface area contributed by atoms with E-state index in [0.29, 0.717) is 24.1 Å². The molecule has 0 saturated carbocycles. The van der Waals surface area contributed by atoms with Crippen LogP contribution >= 0.6 is 0 Å². The summed E-state index contributed by atoms with van der Waals surface area (Å²) in [7, 11) is 2.20. The van der Waals surface area contributed by atoms with Gasteiger partial charge in [0.2, 0.25) is 0 Å². The van der Waals surface area contributed by atoms with E-state index in [1.54, 1.807) is 0 Å². The Morgan fingerprint density at radius 2 is 1.50 bits per heavy atom. The largest absolute Gasteiger partial charge is 0.378 e. The molecule has 0 spiro atoms. The summed E-state index contributed by atoms with van der Waals surface area (Å²) in [6.07, 6.45) is 2.77. The number of nitrogens with zero attached hydrogens (tertiary/aromatic N) is 1. The van der Waals surface area contributed by atoms with E-state index in [1.165, 1.54) is 6.42 Å². The van der Waals surface area contributed by atoms with Crippen molar-refractivity contribution in [1.82, 2.24) is 4.90 Å². The smallest absolute Gasteiger partial charge is 0.0547 e. The molecule has 2 heteroatoms. The number of rotatable bonds is 8. The fraction of sp³-hybridized carbons (Fsp3) is 1.00. The van der Waals surface area contributed by atoms with Gasteiger partial charge in [0.05, 0.1) is 6.10 Å². The van der Waals surface area contributed by atoms with E-state index in [0.717, 1.165) is 13.0 Å². The van der Waals surface area contributed by atoms with Crippen LogP contribution in [0.4, 0.5) is 0 Å². The zero-order valence-corrected chi connectivity index (χ0v) is 12.3. The van der Waals surface area contributed by atoms with Crippen molar-refractivity contribution < 1.29 is 4.74 Å². The molecule has 0 aliphatic heterocycles. The molecule has 0 aliphatic rings. The Balaban J connectivity index is 3.70. The monoisotopic (exact) mass is 229 g/mol. The Labute approximate surface area is 102 Å². The molecule has 0 aromatic carbocycles. The van der Waals surface area contributed by atoms with Crippen LogP contribution in [0.1, 0.15) is 54.4 Å². The van der Waals surface area contributed by atoms with Crippen LogP contribution < -0.4 is 0 Å². The molecule has 0 amide bonds. The van der Waals surface area contributed by atoms with Crippen LogP contribution in [0.15, 0.2) is 0 Å². The summed E-state index contributed by atoms with van der Waals surface area (Å²) < 4.78 is 5.78. The molecule has 0 aromatic heterocycles. The summed E-state index contributed by atoms with van der Waals surface area (Å²) >= 11 is 0. The fourth-order valence-corrected chi connectivity index (χ4v) is 1.63. The summed E-state index contributed by atoms with van der Waals surface area (Å²) in [5.74, 6) is 0.637. The fourth-order valence-electron chi connectivity index (χ4n) is 1.63. The van der Waals surface area contributed by atoms with E-state index in [9.17, 15) is 0 Å². The summed E-state index contributed by atoms with van der Waals surface area (Å²) in [6, 6.07) is 1.27. The van der Waals surface area contributed by atoms with Crippen LogP contribution in [0.3, 0.4) is 0 Å². The molecule has 0 N–H and O–H groups in total. The molecule has 0 saturated heterocycles. The second kappa shape index (κ2) is 8.08. The van der Waals surface area contributed by atoms with Crippen molar-refractivity contribution in [3.8, 4) is 0 Å². The van der Waals surface area contributed by atoms with Gasteiger partial charge in [-0.1, -0.05) is 13.8 Å². The zero-order valence-electron chi connectivity index (χ0n) is 12.3. The lowest BCUT2D eigenvalue weighted by Crippen LogP contribution is -2.35. The molecular formula is C14H31NO. The lowest BCUT2D eigenvalue weighted by atomic mass is 10.1. The lowest BCUT2D eigenvalue weighted by Gasteiger charge is -2.29. The standard InChI is InChI=1S/C14H31NO/c1-11(2)10-16-14(6)9-8-13(5)15(7)12(3)4/h11-14H,8-10H2,1-7H3. The van der Waals surface area contributed by atoms with Gasteiger partial charge in [-0.05, 0) is 53.5 Å². The third-order valence-corrected chi connectivity index (χ3v) is 3.21. The van der Waals surface area contributed by atoms with E-state index in [2.05, 4.69) is 53.5 Å². The summed E-state index contributed by atoms with van der Waals surface area (Å²) in [5.41, 5.74) is 0. The Kier molecular flexibility index (Phi) is 8.04. The molecule has 2 nitrogen and oxygen atoms in total. The van der Waals surface area contributed by atoms with Crippen molar-refractivity contribution in [3.63, 3.8) is 0 Å². The Morgan fingerprint density at radius 3 is 1.94 bits per heavy atom. The van der Waals surface area contributed by atoms with Gasteiger partial charge in [-0.25, -0.2) is 0 Å². The molecule has 0 aliphatic carbocycles. The van der Waals surface area contributed by atoms with Gasteiger partial charge >= 0.3 is 0 Å². The van der Waals surface area contributed by atoms with Gasteiger partial charge in [0, 0.05) is 18.7 Å². The minimum absolute atomic E-state index is 0.394. The van der Waals surface area contributed by atoms with Crippen molar-refractivity contribution in [2.45, 2.75) is 72.6 Å². The molecule has 2 atom stereocenters. The first-order chi connectivity index (χ1) is 7.34. The van der Waals surface area contributed by atoms with Crippen molar-refractivity contribution in [1.29, 1.82) is 0 Å². The van der Waals surface area contributed by atoms with Gasteiger partial charge in [0.25, 0.3) is 0 Å². The average molecular weight is 229 g/mol. The molecule has 0 fully saturated rings. The highest BCUT2D eigenvalue weighted by Gasteiger charge is 2.13. The summed E-state index contributed by atoms with van der Waals surface area (Å²) in [5, 5.41) is 0. The van der Waals surface area contributed by atoms with Gasteiger partial charge in [-0.3, -0.25) is 0 Å². The maximum Gasteiger partial charge on any atom is 0.0547 e. The van der Waals surface area contributed by atoms with Crippen LogP contribution in [0, 0.1) is 5.92 Å². The third kappa shape index (κ3) is 7.24. The highest BCUT2D eigenvalue weighted by atomic mass is 16.5. The van der Waals surface area contributed by atoms with Crippen LogP contribution in [0.25, 0.3) is 0 Å². The molecule has 16 heavy (non-hydrogen) atoms. The minimum atomic E-state index is 0.394. The minimum Gasteiger partial charge on any atom is -0.378 e. The first kappa shape index (κ1) is 15.9. The van der Waals surface area contributed by atoms with Crippen LogP contribution in [0.2, 0.25) is 0 Å². The molecule has 0 rings (SSSR count). The highest BCUT2D eigenvalue weighted by molar-refractivity contribution is 4.68. The van der Waals surface area contributed by atoms with Crippen molar-refractivity contribution in [2.75, 3.05) is 13.7 Å². The molecule has 98 valence electrons. The van der Waals surface area contributed by atoms with E-state index < -0.39 is 0 Å². The Hall–Kier alpha value is -0.0800. The van der Waals surface area contributed by atoms with Gasteiger partial charge in [0.1, 0.15) is 0 Å². The second-order valence-electron chi connectivity index (χ2n) is 5.72. The van der Waals surface area contributed by atoms with E-state index >= 15 is 0 Å². The predicted octanol–water partition coefficient (Wildman–Crippen LogP) is 3.56. The Bertz CT molecular complexity index is 168. The van der Waals surface area contributed by atoms with Gasteiger partial charge in [0.15, 0.2) is 0 Å². The maximum absolute atomic E-state index is 5.78. The van der Waals surface area contributed by atoms with E-state index in [4.69, 9.17) is 4.74 Å². The maximum atomic E-state index is 5.78. The van der Waals surface area contributed by atoms with Gasteiger partial charge in [-0.15, -0.1) is 0 Å². The van der Waals surface area contributed by atoms with E-state index in [-0.39, 0.29) is 0 Å². The van der Waals surface area contributed by atoms with Crippen LogP contribution in [-0.2, 0) is 4.74 Å². The summed E-state index contributed by atoms with van der Waals surface area (Å²) in [4.78, 5) is 2.43. The molecule has 0 radical (unpaired) electrons. The summed E-state index contributed by atoms with van der Waals surface area (Å²) in [6.45, 7) is 14.3. The van der Waals surface area contributed by atoms with Crippen LogP contribution in [-0.4, -0.2) is 36.7 Å². The topological polar surface area (TPSA) is 12.5 Å². The van der Waals surface area contributed by atoms with Crippen molar-refractivity contribution in [2.24, 2.45) is 5.92 Å². The average Bonchev–Trinajstić information content (AvgIpc) is 2.21. The lowest BCUT2D eigenvalue weighted by molar-refractivity contribution is 0.0359. The Morgan fingerprint density at radius 1 is 0.938 bits per heavy atom. The quantitative estimate of drug-likeness (QED) is 0.631. The number of hydrogen-bond acceptors (Lipinski definition) is 2. The predicted molar refractivity (Wildman–Crippen MR) is 71.8 cm³/mol. The number of hydrogen-bond donors (Lipinski definition) is 0. The first-order valence-electron chi connectivity index (χ1n) is 6.68. The first-order valence-corrected chi connectivity index (χ1v) is 6.68. The van der Waals surface area contributed by atoms with E-state index in [1.807, 2.05) is 0 Å². The molecular weight excluding hydrogens is 198 g/mol. The van der Waals surface area contributed by atoms with Crippen LogP contribution in [0.5, 0.6) is 0 Å². The second-order valence-corrected chi connectivity index (χ2v) is 5.72. The van der Waals surface area contributed by atoms with Crippen molar-refractivity contribution >= 4 is 0 Å². The van der Waals surface area contributed by atoms with Gasteiger partial charge in [-0.2, -0.15) is 0 Å². The number of ether oxygens (including phenoxy) is 1. The zero-order chi connectivity index (χ0) is 12.7.